The van der Waals surface area contributed by atoms with Crippen molar-refractivity contribution in [1.29, 1.82) is 0 Å². The number of ether oxygens (including phenoxy) is 1. The molecule has 0 aliphatic carbocycles. The van der Waals surface area contributed by atoms with Crippen LogP contribution in [0.15, 0.2) is 18.5 Å². The van der Waals surface area contributed by atoms with E-state index < -0.39 is 29.4 Å². The molecule has 16 heavy (non-hydrogen) atoms. The number of methoxy groups -OCH3 is 1. The molecular formula is C9H8F3NO3. The number of carbonyl (C=O) groups excluding carboxylic acids is 1. The second-order valence-corrected chi connectivity index (χ2v) is 2.89. The van der Waals surface area contributed by atoms with E-state index in [9.17, 15) is 23.1 Å². The van der Waals surface area contributed by atoms with Gasteiger partial charge in [0.2, 0.25) is 0 Å². The molecule has 1 atom stereocenters. The molecule has 1 heterocycles. The monoisotopic (exact) mass is 235 g/mol. The summed E-state index contributed by atoms with van der Waals surface area (Å²) in [5.74, 6) is -1.16. The van der Waals surface area contributed by atoms with E-state index in [0.717, 1.165) is 19.4 Å². The van der Waals surface area contributed by atoms with Gasteiger partial charge in [-0.3, -0.25) is 4.98 Å². The summed E-state index contributed by atoms with van der Waals surface area (Å²) < 4.78 is 41.6. The maximum absolute atomic E-state index is 12.5. The number of aliphatic hydroxyl groups is 1. The molecule has 1 aromatic heterocycles. The number of carbonyl (C=O) groups is 1. The second kappa shape index (κ2) is 4.48. The van der Waals surface area contributed by atoms with Gasteiger partial charge in [-0.2, -0.15) is 13.2 Å². The van der Waals surface area contributed by atoms with Crippen molar-refractivity contribution in [3.05, 3.63) is 29.6 Å². The Morgan fingerprint density at radius 1 is 1.56 bits per heavy atom. The molecule has 1 N–H and O–H groups in total. The molecule has 1 unspecified atom stereocenters. The van der Waals surface area contributed by atoms with Gasteiger partial charge in [0.1, 0.15) is 0 Å². The van der Waals surface area contributed by atoms with Gasteiger partial charge >= 0.3 is 12.1 Å². The second-order valence-electron chi connectivity index (χ2n) is 2.89. The predicted molar refractivity (Wildman–Crippen MR) is 46.2 cm³/mol. The Bertz CT molecular complexity index is 392. The van der Waals surface area contributed by atoms with Crippen LogP contribution in [0, 0.1) is 0 Å². The molecule has 0 aromatic carbocycles. The van der Waals surface area contributed by atoms with Crippen LogP contribution in [-0.2, 0) is 15.7 Å². The van der Waals surface area contributed by atoms with Crippen LogP contribution >= 0.6 is 0 Å². The summed E-state index contributed by atoms with van der Waals surface area (Å²) in [6.07, 6.45) is -5.05. The van der Waals surface area contributed by atoms with Gasteiger partial charge in [0.25, 0.3) is 0 Å². The highest BCUT2D eigenvalue weighted by Crippen LogP contribution is 2.34. The lowest BCUT2D eigenvalue weighted by Crippen LogP contribution is -2.19. The minimum Gasteiger partial charge on any atom is -0.467 e. The largest absolute Gasteiger partial charge is 0.467 e. The van der Waals surface area contributed by atoms with Gasteiger partial charge in [0.15, 0.2) is 6.10 Å². The van der Waals surface area contributed by atoms with Crippen LogP contribution in [0.1, 0.15) is 17.2 Å². The van der Waals surface area contributed by atoms with Gasteiger partial charge in [0.05, 0.1) is 12.7 Å². The zero-order chi connectivity index (χ0) is 12.3. The van der Waals surface area contributed by atoms with Crippen molar-refractivity contribution in [2.45, 2.75) is 12.3 Å². The smallest absolute Gasteiger partial charge is 0.418 e. The van der Waals surface area contributed by atoms with Crippen molar-refractivity contribution >= 4 is 5.97 Å². The number of alkyl halides is 3. The summed E-state index contributed by atoms with van der Waals surface area (Å²) in [5, 5.41) is 9.33. The molecule has 0 bridgehead atoms. The fourth-order valence-electron chi connectivity index (χ4n) is 1.12. The lowest BCUT2D eigenvalue weighted by Gasteiger charge is -2.14. The molecule has 88 valence electrons. The Balaban J connectivity index is 3.19. The lowest BCUT2D eigenvalue weighted by molar-refractivity contribution is -0.152. The Hall–Kier alpha value is -1.63. The topological polar surface area (TPSA) is 59.4 Å². The van der Waals surface area contributed by atoms with Gasteiger partial charge in [-0.15, -0.1) is 0 Å². The van der Waals surface area contributed by atoms with Gasteiger partial charge in [-0.05, 0) is 6.07 Å². The number of hydrogen-bond donors (Lipinski definition) is 1. The maximum atomic E-state index is 12.5. The number of hydrogen-bond acceptors (Lipinski definition) is 4. The van der Waals surface area contributed by atoms with Crippen LogP contribution in [0.3, 0.4) is 0 Å². The van der Waals surface area contributed by atoms with Gasteiger partial charge < -0.3 is 9.84 Å². The fourth-order valence-corrected chi connectivity index (χ4v) is 1.12. The van der Waals surface area contributed by atoms with Crippen molar-refractivity contribution in [2.75, 3.05) is 7.11 Å². The summed E-state index contributed by atoms with van der Waals surface area (Å²) in [6, 6.07) is 0.921. The van der Waals surface area contributed by atoms with E-state index in [-0.39, 0.29) is 0 Å². The first-order valence-corrected chi connectivity index (χ1v) is 4.15. The third kappa shape index (κ3) is 2.48. The van der Waals surface area contributed by atoms with E-state index in [0.29, 0.717) is 6.20 Å². The molecule has 1 aromatic rings. The Morgan fingerprint density at radius 3 is 2.69 bits per heavy atom. The Morgan fingerprint density at radius 2 is 2.19 bits per heavy atom. The first-order valence-electron chi connectivity index (χ1n) is 4.15. The van der Waals surface area contributed by atoms with E-state index in [1.165, 1.54) is 0 Å². The average Bonchev–Trinajstić information content (AvgIpc) is 2.26. The number of esters is 1. The van der Waals surface area contributed by atoms with Crippen molar-refractivity contribution < 1.29 is 27.8 Å². The number of halogens is 3. The lowest BCUT2D eigenvalue weighted by atomic mass is 10.0. The first-order chi connectivity index (χ1) is 7.38. The highest BCUT2D eigenvalue weighted by Gasteiger charge is 2.37. The van der Waals surface area contributed by atoms with Crippen molar-refractivity contribution in [3.8, 4) is 0 Å². The molecule has 0 spiro atoms. The van der Waals surface area contributed by atoms with Crippen molar-refractivity contribution in [3.63, 3.8) is 0 Å². The minimum absolute atomic E-state index is 0.543. The van der Waals surface area contributed by atoms with Crippen LogP contribution in [-0.4, -0.2) is 23.2 Å². The van der Waals surface area contributed by atoms with E-state index in [2.05, 4.69) is 9.72 Å². The number of aromatic nitrogens is 1. The standard InChI is InChI=1S/C9H8F3NO3/c1-16-8(15)7(14)5-2-3-13-4-6(5)9(10,11)12/h2-4,7,14H,1H3. The summed E-state index contributed by atoms with van der Waals surface area (Å²) in [4.78, 5) is 14.2. The van der Waals surface area contributed by atoms with E-state index >= 15 is 0 Å². The van der Waals surface area contributed by atoms with Gasteiger partial charge in [-0.1, -0.05) is 0 Å². The molecule has 0 saturated heterocycles. The normalized spacial score (nSPS) is 13.3. The van der Waals surface area contributed by atoms with Crippen molar-refractivity contribution in [2.24, 2.45) is 0 Å². The van der Waals surface area contributed by atoms with Crippen LogP contribution in [0.5, 0.6) is 0 Å². The molecule has 0 aliphatic rings. The first kappa shape index (κ1) is 12.4. The number of nitrogens with zero attached hydrogens (tertiary/aromatic N) is 1. The fraction of sp³-hybridized carbons (Fsp3) is 0.333. The SMILES string of the molecule is COC(=O)C(O)c1ccncc1C(F)(F)F. The highest BCUT2D eigenvalue weighted by molar-refractivity contribution is 5.76. The van der Waals surface area contributed by atoms with Crippen LogP contribution in [0.4, 0.5) is 13.2 Å². The van der Waals surface area contributed by atoms with Crippen LogP contribution in [0.2, 0.25) is 0 Å². The van der Waals surface area contributed by atoms with Gasteiger partial charge in [0, 0.05) is 18.0 Å². The van der Waals surface area contributed by atoms with Crippen LogP contribution in [0.25, 0.3) is 0 Å². The quantitative estimate of drug-likeness (QED) is 0.785. The molecule has 7 heteroatoms. The van der Waals surface area contributed by atoms with Gasteiger partial charge in [-0.25, -0.2) is 4.79 Å². The van der Waals surface area contributed by atoms with E-state index in [1.54, 1.807) is 0 Å². The molecule has 1 rings (SSSR count). The predicted octanol–water partition coefficient (Wildman–Crippen LogP) is 1.31. The van der Waals surface area contributed by atoms with E-state index in [1.807, 2.05) is 0 Å². The molecule has 0 saturated carbocycles. The highest BCUT2D eigenvalue weighted by atomic mass is 19.4. The van der Waals surface area contributed by atoms with Crippen molar-refractivity contribution in [1.82, 2.24) is 4.98 Å². The molecule has 0 amide bonds. The summed E-state index contributed by atoms with van der Waals surface area (Å²) in [7, 11) is 0.972. The number of rotatable bonds is 2. The maximum Gasteiger partial charge on any atom is 0.418 e. The number of pyridine rings is 1. The molecule has 4 nitrogen and oxygen atoms in total. The summed E-state index contributed by atoms with van der Waals surface area (Å²) in [5.41, 5.74) is -1.73. The van der Waals surface area contributed by atoms with E-state index in [4.69, 9.17) is 0 Å². The minimum atomic E-state index is -4.68. The number of aliphatic hydroxyl groups excluding tert-OH is 1. The molecule has 0 fully saturated rings. The molecular weight excluding hydrogens is 227 g/mol. The Kier molecular flexibility index (Phi) is 3.48. The summed E-state index contributed by atoms with van der Waals surface area (Å²) >= 11 is 0. The Labute approximate surface area is 88.7 Å². The average molecular weight is 235 g/mol. The zero-order valence-corrected chi connectivity index (χ0v) is 8.15. The zero-order valence-electron chi connectivity index (χ0n) is 8.15. The van der Waals surface area contributed by atoms with Crippen LogP contribution < -0.4 is 0 Å². The molecule has 0 aliphatic heterocycles. The third-order valence-corrected chi connectivity index (χ3v) is 1.88. The molecule has 0 radical (unpaired) electrons. The summed E-state index contributed by atoms with van der Waals surface area (Å²) in [6.45, 7) is 0. The third-order valence-electron chi connectivity index (χ3n) is 1.88.